The van der Waals surface area contributed by atoms with E-state index in [1.54, 1.807) is 14.2 Å². The van der Waals surface area contributed by atoms with Crippen LogP contribution < -0.4 is 14.2 Å². The average molecular weight is 400 g/mol. The molecule has 0 N–H and O–H groups in total. The number of methoxy groups -OCH3 is 2. The zero-order chi connectivity index (χ0) is 19.8. The molecule has 0 spiro atoms. The Balaban J connectivity index is 1.37. The fourth-order valence-electron chi connectivity index (χ4n) is 7.38. The summed E-state index contributed by atoms with van der Waals surface area (Å²) >= 11 is 0. The molecule has 160 valence electrons. The fraction of sp³-hybridized carbons (Fsp3) is 0.760. The Labute approximate surface area is 175 Å². The van der Waals surface area contributed by atoms with Gasteiger partial charge in [-0.15, -0.1) is 0 Å². The van der Waals surface area contributed by atoms with Crippen LogP contribution in [0.2, 0.25) is 0 Å². The summed E-state index contributed by atoms with van der Waals surface area (Å²) in [5, 5.41) is 0. The lowest BCUT2D eigenvalue weighted by molar-refractivity contribution is -0.00633. The summed E-state index contributed by atoms with van der Waals surface area (Å²) in [6.45, 7) is 4.10. The summed E-state index contributed by atoms with van der Waals surface area (Å²) in [4.78, 5) is 2.51. The molecule has 0 radical (unpaired) electrons. The van der Waals surface area contributed by atoms with Crippen LogP contribution >= 0.6 is 0 Å². The van der Waals surface area contributed by atoms with Crippen molar-refractivity contribution in [3.05, 3.63) is 17.7 Å². The van der Waals surface area contributed by atoms with Crippen molar-refractivity contribution in [3.63, 3.8) is 0 Å². The van der Waals surface area contributed by atoms with Crippen LogP contribution in [0, 0.1) is 17.8 Å². The second kappa shape index (κ2) is 8.02. The van der Waals surface area contributed by atoms with E-state index < -0.39 is 0 Å². The van der Waals surface area contributed by atoms with Crippen LogP contribution in [0.15, 0.2) is 12.1 Å². The van der Waals surface area contributed by atoms with E-state index >= 15 is 0 Å². The summed E-state index contributed by atoms with van der Waals surface area (Å²) in [5.41, 5.74) is 1.67. The number of benzene rings is 1. The highest BCUT2D eigenvalue weighted by Gasteiger charge is 2.52. The molecule has 1 aliphatic heterocycles. The second-order valence-electron chi connectivity index (χ2n) is 10.1. The molecule has 1 saturated heterocycles. The minimum Gasteiger partial charge on any atom is -0.492 e. The third-order valence-corrected chi connectivity index (χ3v) is 8.21. The van der Waals surface area contributed by atoms with Crippen molar-refractivity contribution in [3.8, 4) is 17.2 Å². The monoisotopic (exact) mass is 399 g/mol. The molecular weight excluding hydrogens is 362 g/mol. The molecule has 5 aliphatic rings. The third-order valence-electron chi connectivity index (χ3n) is 8.21. The first-order valence-electron chi connectivity index (χ1n) is 11.8. The van der Waals surface area contributed by atoms with Gasteiger partial charge in [-0.3, -0.25) is 4.90 Å². The molecule has 0 amide bonds. The maximum absolute atomic E-state index is 6.20. The number of hydrogen-bond donors (Lipinski definition) is 0. The van der Waals surface area contributed by atoms with E-state index in [-0.39, 0.29) is 0 Å². The Bertz CT molecular complexity index is 690. The summed E-state index contributed by atoms with van der Waals surface area (Å²) in [6.07, 6.45) is 12.3. The molecule has 1 aromatic rings. The van der Waals surface area contributed by atoms with Gasteiger partial charge in [0.2, 0.25) is 5.75 Å². The minimum atomic E-state index is 0.291. The molecule has 4 saturated carbocycles. The quantitative estimate of drug-likeness (QED) is 0.643. The first kappa shape index (κ1) is 19.5. The van der Waals surface area contributed by atoms with Gasteiger partial charge in [0, 0.05) is 12.1 Å². The van der Waals surface area contributed by atoms with Gasteiger partial charge >= 0.3 is 0 Å². The summed E-state index contributed by atoms with van der Waals surface area (Å²) in [6, 6.07) is 4.44. The molecule has 0 unspecified atom stereocenters. The topological polar surface area (TPSA) is 30.9 Å². The molecule has 5 fully saturated rings. The Hall–Kier alpha value is -1.42. The molecule has 4 nitrogen and oxygen atoms in total. The number of hydrogen-bond acceptors (Lipinski definition) is 4. The predicted octanol–water partition coefficient (Wildman–Crippen LogP) is 5.04. The highest BCUT2D eigenvalue weighted by molar-refractivity contribution is 5.58. The summed E-state index contributed by atoms with van der Waals surface area (Å²) in [7, 11) is 3.54. The molecule has 0 atom stereocenters. The number of piperidine rings is 1. The Morgan fingerprint density at radius 2 is 1.48 bits per heavy atom. The van der Waals surface area contributed by atoms with Crippen molar-refractivity contribution in [2.75, 3.05) is 40.5 Å². The van der Waals surface area contributed by atoms with Crippen molar-refractivity contribution in [2.24, 2.45) is 17.8 Å². The normalized spacial score (nSPS) is 33.7. The molecule has 1 heterocycles. The van der Waals surface area contributed by atoms with Crippen molar-refractivity contribution in [1.29, 1.82) is 0 Å². The molecular formula is C25H37NO3. The molecule has 29 heavy (non-hydrogen) atoms. The number of ether oxygens (including phenoxy) is 3. The van der Waals surface area contributed by atoms with Crippen molar-refractivity contribution < 1.29 is 14.2 Å². The standard InChI is InChI=1S/C25H37NO3/c1-27-23-21(25-15-18-12-19(16-25)14-20(13-18)17-25)6-7-22(24(23)28-2)29-11-10-26-8-4-3-5-9-26/h6-7,18-20H,3-5,8-17H2,1-2H3. The molecule has 1 aromatic carbocycles. The van der Waals surface area contributed by atoms with Gasteiger partial charge in [-0.1, -0.05) is 12.5 Å². The molecule has 6 rings (SSSR count). The molecule has 4 heteroatoms. The second-order valence-corrected chi connectivity index (χ2v) is 10.1. The van der Waals surface area contributed by atoms with E-state index in [2.05, 4.69) is 17.0 Å². The molecule has 4 aliphatic carbocycles. The van der Waals surface area contributed by atoms with E-state index in [1.807, 2.05) is 0 Å². The van der Waals surface area contributed by atoms with Crippen LogP contribution in [0.1, 0.15) is 63.4 Å². The van der Waals surface area contributed by atoms with Crippen LogP contribution in [-0.4, -0.2) is 45.4 Å². The van der Waals surface area contributed by atoms with Crippen molar-refractivity contribution in [1.82, 2.24) is 4.90 Å². The third kappa shape index (κ3) is 3.62. The number of rotatable bonds is 7. The van der Waals surface area contributed by atoms with Gasteiger partial charge < -0.3 is 14.2 Å². The van der Waals surface area contributed by atoms with Crippen molar-refractivity contribution >= 4 is 0 Å². The maximum atomic E-state index is 6.20. The molecule has 4 bridgehead atoms. The average Bonchev–Trinajstić information content (AvgIpc) is 2.73. The van der Waals surface area contributed by atoms with Gasteiger partial charge in [0.25, 0.3) is 0 Å². The lowest BCUT2D eigenvalue weighted by Gasteiger charge is -2.57. The minimum absolute atomic E-state index is 0.291. The maximum Gasteiger partial charge on any atom is 0.203 e. The number of nitrogens with zero attached hydrogens (tertiary/aromatic N) is 1. The Kier molecular flexibility index (Phi) is 5.40. The van der Waals surface area contributed by atoms with Gasteiger partial charge in [0.05, 0.1) is 14.2 Å². The van der Waals surface area contributed by atoms with Gasteiger partial charge in [-0.25, -0.2) is 0 Å². The Morgan fingerprint density at radius 3 is 2.07 bits per heavy atom. The number of likely N-dealkylation sites (tertiary alicyclic amines) is 1. The van der Waals surface area contributed by atoms with Gasteiger partial charge in [-0.05, 0) is 93.7 Å². The Morgan fingerprint density at radius 1 is 0.862 bits per heavy atom. The van der Waals surface area contributed by atoms with Crippen LogP contribution in [0.5, 0.6) is 17.2 Å². The van der Waals surface area contributed by atoms with Crippen LogP contribution in [0.3, 0.4) is 0 Å². The van der Waals surface area contributed by atoms with Gasteiger partial charge in [-0.2, -0.15) is 0 Å². The molecule has 0 aromatic heterocycles. The predicted molar refractivity (Wildman–Crippen MR) is 115 cm³/mol. The van der Waals surface area contributed by atoms with Crippen LogP contribution in [-0.2, 0) is 5.41 Å². The highest BCUT2D eigenvalue weighted by atomic mass is 16.5. The zero-order valence-electron chi connectivity index (χ0n) is 18.3. The van der Waals surface area contributed by atoms with Crippen LogP contribution in [0.4, 0.5) is 0 Å². The lowest BCUT2D eigenvalue weighted by atomic mass is 9.48. The zero-order valence-corrected chi connectivity index (χ0v) is 18.3. The smallest absolute Gasteiger partial charge is 0.203 e. The van der Waals surface area contributed by atoms with Crippen molar-refractivity contribution in [2.45, 2.75) is 63.2 Å². The fourth-order valence-corrected chi connectivity index (χ4v) is 7.38. The first-order valence-corrected chi connectivity index (χ1v) is 11.8. The van der Waals surface area contributed by atoms with E-state index in [1.165, 1.54) is 76.4 Å². The van der Waals surface area contributed by atoms with Gasteiger partial charge in [0.15, 0.2) is 11.5 Å². The SMILES string of the molecule is COc1c(OCCN2CCCCC2)ccc(C23CC4CC(CC(C4)C2)C3)c1OC. The van der Waals surface area contributed by atoms with E-state index in [4.69, 9.17) is 14.2 Å². The lowest BCUT2D eigenvalue weighted by Crippen LogP contribution is -2.48. The largest absolute Gasteiger partial charge is 0.492 e. The highest BCUT2D eigenvalue weighted by Crippen LogP contribution is 2.63. The summed E-state index contributed by atoms with van der Waals surface area (Å²) in [5.74, 6) is 5.28. The van der Waals surface area contributed by atoms with Gasteiger partial charge in [0.1, 0.15) is 6.61 Å². The van der Waals surface area contributed by atoms with E-state index in [0.29, 0.717) is 12.0 Å². The summed E-state index contributed by atoms with van der Waals surface area (Å²) < 4.78 is 18.0. The van der Waals surface area contributed by atoms with E-state index in [9.17, 15) is 0 Å². The van der Waals surface area contributed by atoms with E-state index in [0.717, 1.165) is 41.5 Å². The van der Waals surface area contributed by atoms with Crippen LogP contribution in [0.25, 0.3) is 0 Å². The first-order chi connectivity index (χ1) is 14.2.